The van der Waals surface area contributed by atoms with Crippen LogP contribution in [0.5, 0.6) is 0 Å². The van der Waals surface area contributed by atoms with Crippen molar-refractivity contribution >= 4 is 16.9 Å². The van der Waals surface area contributed by atoms with E-state index in [-0.39, 0.29) is 5.91 Å². The average molecular weight is 365 g/mol. The molecular formula is C21H27N5O. The van der Waals surface area contributed by atoms with Crippen LogP contribution in [-0.4, -0.2) is 43.0 Å². The maximum Gasteiger partial charge on any atom is 0.253 e. The van der Waals surface area contributed by atoms with E-state index in [4.69, 9.17) is 0 Å². The highest BCUT2D eigenvalue weighted by molar-refractivity contribution is 5.97. The summed E-state index contributed by atoms with van der Waals surface area (Å²) in [5, 5.41) is 0. The van der Waals surface area contributed by atoms with E-state index >= 15 is 0 Å². The molecule has 1 amide bonds. The van der Waals surface area contributed by atoms with E-state index in [0.29, 0.717) is 5.92 Å². The summed E-state index contributed by atoms with van der Waals surface area (Å²) in [7, 11) is 1.96. The summed E-state index contributed by atoms with van der Waals surface area (Å²) in [6, 6.07) is 5.80. The quantitative estimate of drug-likeness (QED) is 0.694. The summed E-state index contributed by atoms with van der Waals surface area (Å²) in [6.07, 6.45) is 10.1. The van der Waals surface area contributed by atoms with Crippen LogP contribution < -0.4 is 0 Å². The highest BCUT2D eigenvalue weighted by Gasteiger charge is 2.27. The van der Waals surface area contributed by atoms with Crippen LogP contribution in [0.3, 0.4) is 0 Å². The molecule has 1 aliphatic heterocycles. The summed E-state index contributed by atoms with van der Waals surface area (Å²) in [5.41, 5.74) is 2.64. The number of imidazole rings is 2. The fraction of sp³-hybridized carbons (Fsp3) is 0.476. The van der Waals surface area contributed by atoms with Crippen molar-refractivity contribution in [3.8, 4) is 0 Å². The number of aryl methyl sites for hydroxylation is 2. The maximum atomic E-state index is 12.9. The second-order valence-corrected chi connectivity index (χ2v) is 7.46. The van der Waals surface area contributed by atoms with Crippen molar-refractivity contribution in [1.29, 1.82) is 0 Å². The van der Waals surface area contributed by atoms with Crippen LogP contribution in [0.2, 0.25) is 0 Å². The number of piperidine rings is 1. The predicted octanol–water partition coefficient (Wildman–Crippen LogP) is 3.59. The number of carbonyl (C=O) groups excluding carboxylic acids is 1. The SMILES string of the molecule is CCCCn1ccnc1C1CCN(C(=O)c2ccc3c(c2)ncn3C)CC1. The fourth-order valence-corrected chi connectivity index (χ4v) is 3.99. The van der Waals surface area contributed by atoms with E-state index in [1.165, 1.54) is 18.7 Å². The summed E-state index contributed by atoms with van der Waals surface area (Å²) >= 11 is 0. The Hall–Kier alpha value is -2.63. The second-order valence-electron chi connectivity index (χ2n) is 7.46. The highest BCUT2D eigenvalue weighted by atomic mass is 16.2. The Morgan fingerprint density at radius 3 is 2.81 bits per heavy atom. The average Bonchev–Trinajstić information content (AvgIpc) is 3.32. The lowest BCUT2D eigenvalue weighted by Crippen LogP contribution is -2.38. The molecule has 0 bridgehead atoms. The van der Waals surface area contributed by atoms with Gasteiger partial charge < -0.3 is 14.0 Å². The van der Waals surface area contributed by atoms with Crippen molar-refractivity contribution in [1.82, 2.24) is 24.0 Å². The molecule has 3 heterocycles. The molecule has 0 N–H and O–H groups in total. The van der Waals surface area contributed by atoms with Crippen LogP contribution >= 0.6 is 0 Å². The molecule has 3 aromatic rings. The third-order valence-electron chi connectivity index (χ3n) is 5.62. The number of unbranched alkanes of at least 4 members (excludes halogenated alkanes) is 1. The molecule has 27 heavy (non-hydrogen) atoms. The van der Waals surface area contributed by atoms with Crippen LogP contribution in [0.25, 0.3) is 11.0 Å². The van der Waals surface area contributed by atoms with Crippen LogP contribution in [0.4, 0.5) is 0 Å². The summed E-state index contributed by atoms with van der Waals surface area (Å²) in [4.78, 5) is 23.9. The highest BCUT2D eigenvalue weighted by Crippen LogP contribution is 2.28. The van der Waals surface area contributed by atoms with Gasteiger partial charge in [-0.2, -0.15) is 0 Å². The van der Waals surface area contributed by atoms with E-state index in [2.05, 4.69) is 27.7 Å². The molecular weight excluding hydrogens is 338 g/mol. The predicted molar refractivity (Wildman–Crippen MR) is 106 cm³/mol. The Kier molecular flexibility index (Phi) is 4.97. The third-order valence-corrected chi connectivity index (χ3v) is 5.62. The van der Waals surface area contributed by atoms with E-state index in [9.17, 15) is 4.79 Å². The van der Waals surface area contributed by atoms with E-state index < -0.39 is 0 Å². The Morgan fingerprint density at radius 1 is 1.22 bits per heavy atom. The molecule has 6 nitrogen and oxygen atoms in total. The zero-order valence-electron chi connectivity index (χ0n) is 16.1. The van der Waals surface area contributed by atoms with Gasteiger partial charge in [-0.25, -0.2) is 9.97 Å². The summed E-state index contributed by atoms with van der Waals surface area (Å²) in [5.74, 6) is 1.74. The molecule has 142 valence electrons. The lowest BCUT2D eigenvalue weighted by Gasteiger charge is -2.32. The molecule has 1 fully saturated rings. The molecule has 0 radical (unpaired) electrons. The van der Waals surface area contributed by atoms with Crippen molar-refractivity contribution in [3.63, 3.8) is 0 Å². The number of nitrogens with zero attached hydrogens (tertiary/aromatic N) is 5. The number of hydrogen-bond donors (Lipinski definition) is 0. The minimum Gasteiger partial charge on any atom is -0.339 e. The van der Waals surface area contributed by atoms with Gasteiger partial charge in [0.05, 0.1) is 17.4 Å². The smallest absolute Gasteiger partial charge is 0.253 e. The van der Waals surface area contributed by atoms with Crippen LogP contribution in [0.15, 0.2) is 36.9 Å². The standard InChI is InChI=1S/C21H27N5O/c1-3-4-10-25-13-9-22-20(25)16-7-11-26(12-8-16)21(27)17-5-6-19-18(14-17)23-15-24(19)2/h5-6,9,13-16H,3-4,7-8,10-12H2,1-2H3. The first kappa shape index (κ1) is 17.8. The van der Waals surface area contributed by atoms with Crippen LogP contribution in [0, 0.1) is 0 Å². The zero-order valence-corrected chi connectivity index (χ0v) is 16.1. The number of likely N-dealkylation sites (tertiary alicyclic amines) is 1. The molecule has 6 heteroatoms. The molecule has 2 aromatic heterocycles. The molecule has 1 aromatic carbocycles. The van der Waals surface area contributed by atoms with Crippen molar-refractivity contribution in [3.05, 3.63) is 48.3 Å². The molecule has 0 aliphatic carbocycles. The monoisotopic (exact) mass is 365 g/mol. The van der Waals surface area contributed by atoms with Gasteiger partial charge in [0.1, 0.15) is 5.82 Å². The minimum absolute atomic E-state index is 0.107. The van der Waals surface area contributed by atoms with Crippen LogP contribution in [0.1, 0.15) is 54.7 Å². The third kappa shape index (κ3) is 3.48. The number of carbonyl (C=O) groups is 1. The second kappa shape index (κ2) is 7.55. The van der Waals surface area contributed by atoms with Gasteiger partial charge >= 0.3 is 0 Å². The van der Waals surface area contributed by atoms with E-state index in [1.54, 1.807) is 6.33 Å². The van der Waals surface area contributed by atoms with Gasteiger partial charge in [0.15, 0.2) is 0 Å². The molecule has 0 atom stereocenters. The number of hydrogen-bond acceptors (Lipinski definition) is 3. The van der Waals surface area contributed by atoms with Crippen molar-refractivity contribution in [2.24, 2.45) is 7.05 Å². The molecule has 4 rings (SSSR count). The van der Waals surface area contributed by atoms with E-state index in [1.807, 2.05) is 40.9 Å². The molecule has 1 aliphatic rings. The van der Waals surface area contributed by atoms with Crippen molar-refractivity contribution in [2.45, 2.75) is 45.1 Å². The Labute approximate surface area is 159 Å². The molecule has 0 saturated carbocycles. The first-order valence-corrected chi connectivity index (χ1v) is 9.88. The van der Waals surface area contributed by atoms with Gasteiger partial charge in [0.2, 0.25) is 0 Å². The first-order valence-electron chi connectivity index (χ1n) is 9.88. The fourth-order valence-electron chi connectivity index (χ4n) is 3.99. The normalized spacial score (nSPS) is 15.6. The first-order chi connectivity index (χ1) is 13.2. The van der Waals surface area contributed by atoms with Gasteiger partial charge in [0, 0.05) is 50.6 Å². The summed E-state index contributed by atoms with van der Waals surface area (Å²) < 4.78 is 4.26. The number of benzene rings is 1. The van der Waals surface area contributed by atoms with Crippen LogP contribution in [-0.2, 0) is 13.6 Å². The van der Waals surface area contributed by atoms with Gasteiger partial charge in [-0.15, -0.1) is 0 Å². The number of rotatable bonds is 5. The van der Waals surface area contributed by atoms with Gasteiger partial charge in [-0.3, -0.25) is 4.79 Å². The van der Waals surface area contributed by atoms with Gasteiger partial charge in [-0.05, 0) is 37.5 Å². The maximum absolute atomic E-state index is 12.9. The lowest BCUT2D eigenvalue weighted by atomic mass is 9.95. The Morgan fingerprint density at radius 2 is 2.04 bits per heavy atom. The molecule has 0 spiro atoms. The largest absolute Gasteiger partial charge is 0.339 e. The van der Waals surface area contributed by atoms with Gasteiger partial charge in [0.25, 0.3) is 5.91 Å². The van der Waals surface area contributed by atoms with E-state index in [0.717, 1.165) is 49.1 Å². The van der Waals surface area contributed by atoms with Gasteiger partial charge in [-0.1, -0.05) is 13.3 Å². The molecule has 0 unspecified atom stereocenters. The zero-order chi connectivity index (χ0) is 18.8. The minimum atomic E-state index is 0.107. The Bertz CT molecular complexity index is 933. The lowest BCUT2D eigenvalue weighted by molar-refractivity contribution is 0.0710. The Balaban J connectivity index is 1.42. The number of fused-ring (bicyclic) bond motifs is 1. The number of aromatic nitrogens is 4. The number of amides is 1. The van der Waals surface area contributed by atoms with Crippen molar-refractivity contribution in [2.75, 3.05) is 13.1 Å². The summed E-state index contributed by atoms with van der Waals surface area (Å²) in [6.45, 7) is 4.81. The van der Waals surface area contributed by atoms with Crippen molar-refractivity contribution < 1.29 is 4.79 Å². The topological polar surface area (TPSA) is 56.0 Å². The molecule has 1 saturated heterocycles.